The molecule has 0 atom stereocenters. The van der Waals surface area contributed by atoms with E-state index in [0.29, 0.717) is 21.8 Å². The largest absolute Gasteiger partial charge is 0.316 e. The quantitative estimate of drug-likeness (QED) is 0.584. The van der Waals surface area contributed by atoms with Crippen LogP contribution in [-0.4, -0.2) is 10.4 Å². The highest BCUT2D eigenvalue weighted by atomic mass is 79.9. The summed E-state index contributed by atoms with van der Waals surface area (Å²) >= 11 is 10.7. The van der Waals surface area contributed by atoms with Crippen LogP contribution in [0.15, 0.2) is 59.2 Å². The molecular formula is C18H14BrClN2OS. The number of hydrogen-bond donors (Lipinski definition) is 1. The van der Waals surface area contributed by atoms with E-state index in [1.165, 1.54) is 11.3 Å². The van der Waals surface area contributed by atoms with Gasteiger partial charge >= 0.3 is 0 Å². The highest BCUT2D eigenvalue weighted by Crippen LogP contribution is 2.17. The highest BCUT2D eigenvalue weighted by molar-refractivity contribution is 9.10. The van der Waals surface area contributed by atoms with Crippen molar-refractivity contribution in [2.45, 2.75) is 13.0 Å². The van der Waals surface area contributed by atoms with E-state index in [1.807, 2.05) is 42.6 Å². The SMILES string of the molecule is N=c1sc(Cc2cccc(Cl)c2)cn1CC(=O)c1ccc(Br)cc1. The van der Waals surface area contributed by atoms with Crippen molar-refractivity contribution < 1.29 is 4.79 Å². The first kappa shape index (κ1) is 17.1. The number of carbonyl (C=O) groups excluding carboxylic acids is 1. The second kappa shape index (κ2) is 7.47. The van der Waals surface area contributed by atoms with E-state index in [1.54, 1.807) is 16.7 Å². The fourth-order valence-electron chi connectivity index (χ4n) is 2.37. The summed E-state index contributed by atoms with van der Waals surface area (Å²) in [7, 11) is 0. The van der Waals surface area contributed by atoms with Crippen LogP contribution in [0.2, 0.25) is 5.02 Å². The molecule has 122 valence electrons. The molecule has 1 N–H and O–H groups in total. The van der Waals surface area contributed by atoms with Crippen molar-refractivity contribution in [3.63, 3.8) is 0 Å². The summed E-state index contributed by atoms with van der Waals surface area (Å²) in [6.45, 7) is 0.173. The maximum atomic E-state index is 12.4. The Bertz CT molecular complexity index is 931. The Morgan fingerprint density at radius 1 is 1.21 bits per heavy atom. The average Bonchev–Trinajstić information content (AvgIpc) is 2.87. The predicted octanol–water partition coefficient (Wildman–Crippen LogP) is 4.92. The second-order valence-electron chi connectivity index (χ2n) is 5.37. The van der Waals surface area contributed by atoms with Crippen LogP contribution in [0.4, 0.5) is 0 Å². The number of aromatic nitrogens is 1. The first-order valence-electron chi connectivity index (χ1n) is 7.28. The van der Waals surface area contributed by atoms with E-state index in [9.17, 15) is 4.79 Å². The lowest BCUT2D eigenvalue weighted by atomic mass is 10.1. The summed E-state index contributed by atoms with van der Waals surface area (Å²) in [5.74, 6) is -0.00638. The minimum Gasteiger partial charge on any atom is -0.316 e. The van der Waals surface area contributed by atoms with Crippen LogP contribution in [0.25, 0.3) is 0 Å². The van der Waals surface area contributed by atoms with Gasteiger partial charge in [0.25, 0.3) is 0 Å². The molecule has 24 heavy (non-hydrogen) atoms. The number of Topliss-reactive ketones (excluding diaryl/α,β-unsaturated/α-hetero) is 1. The molecular weight excluding hydrogens is 408 g/mol. The Kier molecular flexibility index (Phi) is 5.33. The Hall–Kier alpha value is -1.69. The standard InChI is InChI=1S/C18H14BrClN2OS/c19-14-6-4-13(5-7-14)17(23)11-22-10-16(24-18(22)21)9-12-2-1-3-15(20)8-12/h1-8,10,21H,9,11H2. The van der Waals surface area contributed by atoms with Crippen LogP contribution in [0, 0.1) is 5.41 Å². The molecule has 0 spiro atoms. The van der Waals surface area contributed by atoms with Crippen LogP contribution < -0.4 is 4.80 Å². The van der Waals surface area contributed by atoms with Crippen LogP contribution in [0.1, 0.15) is 20.8 Å². The molecule has 0 fully saturated rings. The molecule has 6 heteroatoms. The van der Waals surface area contributed by atoms with Gasteiger partial charge in [0, 0.05) is 32.6 Å². The fourth-order valence-corrected chi connectivity index (χ4v) is 3.75. The molecule has 3 rings (SSSR count). The van der Waals surface area contributed by atoms with Gasteiger partial charge in [-0.3, -0.25) is 10.2 Å². The van der Waals surface area contributed by atoms with Gasteiger partial charge in [-0.2, -0.15) is 0 Å². The van der Waals surface area contributed by atoms with Crippen LogP contribution >= 0.6 is 38.9 Å². The summed E-state index contributed by atoms with van der Waals surface area (Å²) in [6, 6.07) is 14.9. The first-order chi connectivity index (χ1) is 11.5. The second-order valence-corrected chi connectivity index (χ2v) is 7.83. The number of ketones is 1. The molecule has 0 aliphatic heterocycles. The maximum Gasteiger partial charge on any atom is 0.182 e. The minimum atomic E-state index is -0.00638. The molecule has 2 aromatic carbocycles. The number of benzene rings is 2. The van der Waals surface area contributed by atoms with Gasteiger partial charge in [-0.1, -0.05) is 51.8 Å². The van der Waals surface area contributed by atoms with Gasteiger partial charge in [0.1, 0.15) is 0 Å². The fraction of sp³-hybridized carbons (Fsp3) is 0.111. The lowest BCUT2D eigenvalue weighted by Crippen LogP contribution is -2.18. The summed E-state index contributed by atoms with van der Waals surface area (Å²) in [5.41, 5.74) is 1.74. The molecule has 0 saturated carbocycles. The Balaban J connectivity index is 1.75. The van der Waals surface area contributed by atoms with Crippen molar-refractivity contribution >= 4 is 44.7 Å². The van der Waals surface area contributed by atoms with Crippen LogP contribution in [0.3, 0.4) is 0 Å². The predicted molar refractivity (Wildman–Crippen MR) is 101 cm³/mol. The van der Waals surface area contributed by atoms with Gasteiger partial charge in [-0.15, -0.1) is 11.3 Å². The normalized spacial score (nSPS) is 10.8. The number of nitrogens with zero attached hydrogens (tertiary/aromatic N) is 1. The van der Waals surface area contributed by atoms with Gasteiger partial charge < -0.3 is 4.57 Å². The molecule has 3 nitrogen and oxygen atoms in total. The van der Waals surface area contributed by atoms with E-state index in [2.05, 4.69) is 15.9 Å². The third-order valence-corrected chi connectivity index (χ3v) is 5.24. The molecule has 0 aliphatic rings. The van der Waals surface area contributed by atoms with Gasteiger partial charge in [0.15, 0.2) is 10.6 Å². The zero-order valence-electron chi connectivity index (χ0n) is 12.6. The molecule has 0 saturated heterocycles. The molecule has 3 aromatic rings. The molecule has 0 unspecified atom stereocenters. The summed E-state index contributed by atoms with van der Waals surface area (Å²) in [4.78, 5) is 13.8. The first-order valence-corrected chi connectivity index (χ1v) is 9.27. The molecule has 1 aromatic heterocycles. The molecule has 0 bridgehead atoms. The lowest BCUT2D eigenvalue weighted by molar-refractivity contribution is 0.0971. The lowest BCUT2D eigenvalue weighted by Gasteiger charge is -2.03. The molecule has 0 aliphatic carbocycles. The van der Waals surface area contributed by atoms with E-state index >= 15 is 0 Å². The third kappa shape index (κ3) is 4.23. The maximum absolute atomic E-state index is 12.4. The zero-order chi connectivity index (χ0) is 17.1. The Morgan fingerprint density at radius 2 is 1.96 bits per heavy atom. The van der Waals surface area contributed by atoms with Crippen molar-refractivity contribution in [3.05, 3.63) is 85.0 Å². The number of carbonyl (C=O) groups is 1. The average molecular weight is 422 g/mol. The van der Waals surface area contributed by atoms with E-state index < -0.39 is 0 Å². The topological polar surface area (TPSA) is 45.9 Å². The van der Waals surface area contributed by atoms with Crippen LogP contribution in [0.5, 0.6) is 0 Å². The van der Waals surface area contributed by atoms with Crippen molar-refractivity contribution in [1.82, 2.24) is 4.57 Å². The third-order valence-electron chi connectivity index (χ3n) is 3.54. The van der Waals surface area contributed by atoms with Gasteiger partial charge in [-0.05, 0) is 29.8 Å². The van der Waals surface area contributed by atoms with E-state index in [4.69, 9.17) is 17.0 Å². The molecule has 0 radical (unpaired) electrons. The number of rotatable bonds is 5. The van der Waals surface area contributed by atoms with Crippen molar-refractivity contribution in [3.8, 4) is 0 Å². The van der Waals surface area contributed by atoms with E-state index in [0.717, 1.165) is 14.9 Å². The number of hydrogen-bond acceptors (Lipinski definition) is 3. The monoisotopic (exact) mass is 420 g/mol. The van der Waals surface area contributed by atoms with Crippen LogP contribution in [-0.2, 0) is 13.0 Å². The smallest absolute Gasteiger partial charge is 0.182 e. The van der Waals surface area contributed by atoms with Crippen molar-refractivity contribution in [2.24, 2.45) is 0 Å². The molecule has 0 amide bonds. The van der Waals surface area contributed by atoms with Gasteiger partial charge in [-0.25, -0.2) is 0 Å². The number of thiazole rings is 1. The van der Waals surface area contributed by atoms with Crippen molar-refractivity contribution in [1.29, 1.82) is 5.41 Å². The Morgan fingerprint density at radius 3 is 2.67 bits per heavy atom. The summed E-state index contributed by atoms with van der Waals surface area (Å²) in [6.07, 6.45) is 2.58. The number of halogens is 2. The summed E-state index contributed by atoms with van der Waals surface area (Å²) in [5, 5.41) is 8.79. The van der Waals surface area contributed by atoms with Gasteiger partial charge in [0.2, 0.25) is 0 Å². The zero-order valence-corrected chi connectivity index (χ0v) is 15.8. The van der Waals surface area contributed by atoms with Gasteiger partial charge in [0.05, 0.1) is 6.54 Å². The highest BCUT2D eigenvalue weighted by Gasteiger charge is 2.10. The minimum absolute atomic E-state index is 0.00638. The van der Waals surface area contributed by atoms with E-state index in [-0.39, 0.29) is 12.3 Å². The van der Waals surface area contributed by atoms with Crippen molar-refractivity contribution in [2.75, 3.05) is 0 Å². The molecule has 1 heterocycles. The number of nitrogens with one attached hydrogen (secondary N) is 1. The summed E-state index contributed by atoms with van der Waals surface area (Å²) < 4.78 is 2.63. The Labute approximate surface area is 157 Å².